The molecule has 0 aliphatic heterocycles. The molecule has 1 amide bonds. The van der Waals surface area contributed by atoms with Gasteiger partial charge in [-0.15, -0.1) is 0 Å². The van der Waals surface area contributed by atoms with Gasteiger partial charge in [0, 0.05) is 37.7 Å². The molecule has 0 bridgehead atoms. The number of aryl methyl sites for hydroxylation is 1. The van der Waals surface area contributed by atoms with Crippen LogP contribution in [-0.4, -0.2) is 39.5 Å². The van der Waals surface area contributed by atoms with E-state index in [1.54, 1.807) is 48.5 Å². The highest BCUT2D eigenvalue weighted by molar-refractivity contribution is 5.95. The highest BCUT2D eigenvalue weighted by Crippen LogP contribution is 2.20. The number of hydrogen-bond acceptors (Lipinski definition) is 5. The van der Waals surface area contributed by atoms with Crippen LogP contribution in [0.1, 0.15) is 27.7 Å². The molecule has 0 saturated heterocycles. The molecule has 3 rings (SSSR count). The van der Waals surface area contributed by atoms with Crippen LogP contribution < -0.4 is 5.32 Å². The number of methoxy groups -OCH3 is 1. The van der Waals surface area contributed by atoms with Crippen molar-refractivity contribution in [1.82, 2.24) is 20.1 Å². The molecule has 7 nitrogen and oxygen atoms in total. The summed E-state index contributed by atoms with van der Waals surface area (Å²) in [5.74, 6) is -0.210. The van der Waals surface area contributed by atoms with E-state index in [2.05, 4.69) is 15.4 Å². The lowest BCUT2D eigenvalue weighted by Gasteiger charge is -2.18. The van der Waals surface area contributed by atoms with Gasteiger partial charge in [0.15, 0.2) is 0 Å². The number of aliphatic hydroxyl groups is 1. The fourth-order valence-electron chi connectivity index (χ4n) is 2.89. The maximum absolute atomic E-state index is 12.8. The molecule has 0 spiro atoms. The van der Waals surface area contributed by atoms with Gasteiger partial charge in [-0.25, -0.2) is 0 Å². The minimum Gasteiger partial charge on any atom is -0.392 e. The molecular weight excluding hydrogens is 344 g/mol. The Labute approximate surface area is 157 Å². The minimum atomic E-state index is -0.311. The van der Waals surface area contributed by atoms with Gasteiger partial charge in [0.05, 0.1) is 30.6 Å². The van der Waals surface area contributed by atoms with Crippen LogP contribution in [-0.2, 0) is 18.4 Å². The summed E-state index contributed by atoms with van der Waals surface area (Å²) in [5.41, 5.74) is 3.66. The summed E-state index contributed by atoms with van der Waals surface area (Å²) in [7, 11) is 3.42. The van der Waals surface area contributed by atoms with Crippen molar-refractivity contribution in [2.75, 3.05) is 13.7 Å². The van der Waals surface area contributed by atoms with Gasteiger partial charge in [0.2, 0.25) is 0 Å². The van der Waals surface area contributed by atoms with E-state index in [-0.39, 0.29) is 18.6 Å². The predicted octanol–water partition coefficient (Wildman–Crippen LogP) is 2.09. The molecule has 2 aromatic heterocycles. The lowest BCUT2D eigenvalue weighted by molar-refractivity contribution is 0.0892. The maximum atomic E-state index is 12.8. The SMILES string of the molecule is COCC(NC(=O)c1cccc(-c2cc(CO)ccn2)c1)c1ccnn1C. The summed E-state index contributed by atoms with van der Waals surface area (Å²) in [6.07, 6.45) is 3.33. The average molecular weight is 366 g/mol. The van der Waals surface area contributed by atoms with Gasteiger partial charge in [-0.05, 0) is 35.9 Å². The van der Waals surface area contributed by atoms with Crippen LogP contribution in [0, 0.1) is 0 Å². The molecule has 27 heavy (non-hydrogen) atoms. The summed E-state index contributed by atoms with van der Waals surface area (Å²) >= 11 is 0. The summed E-state index contributed by atoms with van der Waals surface area (Å²) in [4.78, 5) is 17.1. The fraction of sp³-hybridized carbons (Fsp3) is 0.250. The van der Waals surface area contributed by atoms with Crippen molar-refractivity contribution in [3.63, 3.8) is 0 Å². The van der Waals surface area contributed by atoms with Crippen molar-refractivity contribution in [1.29, 1.82) is 0 Å². The highest BCUT2D eigenvalue weighted by Gasteiger charge is 2.19. The van der Waals surface area contributed by atoms with Crippen molar-refractivity contribution in [2.24, 2.45) is 7.05 Å². The standard InChI is InChI=1S/C20H22N4O3/c1-24-19(7-9-22-24)18(13-27-2)23-20(26)16-5-3-4-15(11-16)17-10-14(12-25)6-8-21-17/h3-11,18,25H,12-13H2,1-2H3,(H,23,26). The van der Waals surface area contributed by atoms with Crippen LogP contribution in [0.2, 0.25) is 0 Å². The van der Waals surface area contributed by atoms with Crippen LogP contribution in [0.3, 0.4) is 0 Å². The number of hydrogen-bond donors (Lipinski definition) is 2. The number of nitrogens with zero attached hydrogens (tertiary/aromatic N) is 3. The predicted molar refractivity (Wildman–Crippen MR) is 101 cm³/mol. The van der Waals surface area contributed by atoms with Crippen molar-refractivity contribution in [3.8, 4) is 11.3 Å². The van der Waals surface area contributed by atoms with Crippen LogP contribution in [0.5, 0.6) is 0 Å². The number of rotatable bonds is 7. The molecule has 140 valence electrons. The van der Waals surface area contributed by atoms with Crippen molar-refractivity contribution in [2.45, 2.75) is 12.6 Å². The second kappa shape index (κ2) is 8.57. The molecule has 2 heterocycles. The van der Waals surface area contributed by atoms with E-state index in [1.807, 2.05) is 25.2 Å². The minimum absolute atomic E-state index is 0.0565. The molecule has 7 heteroatoms. The Bertz CT molecular complexity index is 923. The Morgan fingerprint density at radius 2 is 2.11 bits per heavy atom. The maximum Gasteiger partial charge on any atom is 0.251 e. The van der Waals surface area contributed by atoms with Gasteiger partial charge < -0.3 is 15.2 Å². The van der Waals surface area contributed by atoms with Gasteiger partial charge in [0.1, 0.15) is 0 Å². The first-order chi connectivity index (χ1) is 13.1. The smallest absolute Gasteiger partial charge is 0.251 e. The van der Waals surface area contributed by atoms with E-state index in [4.69, 9.17) is 4.74 Å². The van der Waals surface area contributed by atoms with Gasteiger partial charge in [-0.2, -0.15) is 5.10 Å². The van der Waals surface area contributed by atoms with Gasteiger partial charge in [-0.3, -0.25) is 14.5 Å². The first kappa shape index (κ1) is 18.8. The van der Waals surface area contributed by atoms with E-state index < -0.39 is 0 Å². The Morgan fingerprint density at radius 3 is 2.81 bits per heavy atom. The van der Waals surface area contributed by atoms with Gasteiger partial charge >= 0.3 is 0 Å². The Morgan fingerprint density at radius 1 is 1.26 bits per heavy atom. The van der Waals surface area contributed by atoms with E-state index in [9.17, 15) is 9.90 Å². The molecule has 0 aliphatic carbocycles. The second-order valence-corrected chi connectivity index (χ2v) is 6.15. The quantitative estimate of drug-likeness (QED) is 0.668. The van der Waals surface area contributed by atoms with Crippen molar-refractivity contribution >= 4 is 5.91 Å². The van der Waals surface area contributed by atoms with Gasteiger partial charge in [0.25, 0.3) is 5.91 Å². The van der Waals surface area contributed by atoms with Crippen LogP contribution in [0.25, 0.3) is 11.3 Å². The highest BCUT2D eigenvalue weighted by atomic mass is 16.5. The number of nitrogens with one attached hydrogen (secondary N) is 1. The Kier molecular flexibility index (Phi) is 5.95. The Balaban J connectivity index is 1.83. The summed E-state index contributed by atoms with van der Waals surface area (Å²) in [6, 6.07) is 12.3. The summed E-state index contributed by atoms with van der Waals surface area (Å²) in [5, 5.41) is 16.4. The monoisotopic (exact) mass is 366 g/mol. The fourth-order valence-corrected chi connectivity index (χ4v) is 2.89. The van der Waals surface area contributed by atoms with E-state index in [0.29, 0.717) is 17.9 Å². The lowest BCUT2D eigenvalue weighted by Crippen LogP contribution is -2.32. The van der Waals surface area contributed by atoms with Gasteiger partial charge in [-0.1, -0.05) is 12.1 Å². The van der Waals surface area contributed by atoms with Crippen molar-refractivity contribution < 1.29 is 14.6 Å². The molecule has 1 unspecified atom stereocenters. The largest absolute Gasteiger partial charge is 0.392 e. The number of benzene rings is 1. The lowest BCUT2D eigenvalue weighted by atomic mass is 10.1. The van der Waals surface area contributed by atoms with Crippen LogP contribution in [0.15, 0.2) is 54.9 Å². The van der Waals surface area contributed by atoms with E-state index in [0.717, 1.165) is 16.8 Å². The normalized spacial score (nSPS) is 12.0. The topological polar surface area (TPSA) is 89.3 Å². The molecular formula is C20H22N4O3. The van der Waals surface area contributed by atoms with E-state index in [1.165, 1.54) is 0 Å². The first-order valence-electron chi connectivity index (χ1n) is 8.56. The number of amides is 1. The van der Waals surface area contributed by atoms with Crippen LogP contribution >= 0.6 is 0 Å². The molecule has 1 atom stereocenters. The van der Waals surface area contributed by atoms with E-state index >= 15 is 0 Å². The molecule has 0 aliphatic rings. The zero-order valence-electron chi connectivity index (χ0n) is 15.3. The number of carbonyl (C=O) groups is 1. The third-order valence-electron chi connectivity index (χ3n) is 4.28. The molecule has 3 aromatic rings. The molecule has 1 aromatic carbocycles. The third-order valence-corrected chi connectivity index (χ3v) is 4.28. The number of aromatic nitrogens is 3. The van der Waals surface area contributed by atoms with Crippen LogP contribution in [0.4, 0.5) is 0 Å². The molecule has 2 N–H and O–H groups in total. The summed E-state index contributed by atoms with van der Waals surface area (Å²) < 4.78 is 6.96. The second-order valence-electron chi connectivity index (χ2n) is 6.15. The third kappa shape index (κ3) is 4.39. The molecule has 0 fully saturated rings. The number of carbonyl (C=O) groups excluding carboxylic acids is 1. The summed E-state index contributed by atoms with van der Waals surface area (Å²) in [6.45, 7) is 0.282. The average Bonchev–Trinajstić information content (AvgIpc) is 3.13. The number of ether oxygens (including phenoxy) is 1. The molecule has 0 saturated carbocycles. The zero-order chi connectivity index (χ0) is 19.2. The molecule has 0 radical (unpaired) electrons. The first-order valence-corrected chi connectivity index (χ1v) is 8.56. The zero-order valence-corrected chi connectivity index (χ0v) is 15.3. The van der Waals surface area contributed by atoms with Crippen molar-refractivity contribution in [3.05, 3.63) is 71.7 Å². The Hall–Kier alpha value is -3.03. The number of aliphatic hydroxyl groups excluding tert-OH is 1. The number of pyridine rings is 1.